The van der Waals surface area contributed by atoms with Gasteiger partial charge >= 0.3 is 0 Å². The lowest BCUT2D eigenvalue weighted by Crippen LogP contribution is -2.54. The van der Waals surface area contributed by atoms with Gasteiger partial charge < -0.3 is 15.6 Å². The Balaban J connectivity index is 1.33. The molecule has 2 fully saturated rings. The topological polar surface area (TPSA) is 122 Å². The van der Waals surface area contributed by atoms with Crippen molar-refractivity contribution >= 4 is 5.52 Å². The van der Waals surface area contributed by atoms with Gasteiger partial charge in [-0.15, -0.1) is 0 Å². The molecule has 1 aliphatic carbocycles. The molecule has 10 heteroatoms. The summed E-state index contributed by atoms with van der Waals surface area (Å²) in [6.45, 7) is 4.56. The van der Waals surface area contributed by atoms with E-state index in [9.17, 15) is 10.4 Å². The van der Waals surface area contributed by atoms with E-state index >= 15 is 8.78 Å². The van der Waals surface area contributed by atoms with Gasteiger partial charge in [-0.25, -0.2) is 18.3 Å². The summed E-state index contributed by atoms with van der Waals surface area (Å²) < 4.78 is 38.0. The molecule has 0 unspecified atom stereocenters. The van der Waals surface area contributed by atoms with Crippen LogP contribution in [0.3, 0.4) is 0 Å². The number of hydrogen-bond acceptors (Lipinski definition) is 7. The lowest BCUT2D eigenvalue weighted by molar-refractivity contribution is -0.0464. The molecule has 3 N–H and O–H groups in total. The third kappa shape index (κ3) is 4.85. The summed E-state index contributed by atoms with van der Waals surface area (Å²) in [5.74, 6) is -0.767. The van der Waals surface area contributed by atoms with Crippen LogP contribution in [0.4, 0.5) is 8.78 Å². The Kier molecular flexibility index (Phi) is 7.29. The van der Waals surface area contributed by atoms with Crippen LogP contribution in [0.15, 0.2) is 48.9 Å². The summed E-state index contributed by atoms with van der Waals surface area (Å²) >= 11 is 0. The number of imidazole rings is 1. The van der Waals surface area contributed by atoms with Gasteiger partial charge in [0.2, 0.25) is 0 Å². The monoisotopic (exact) mass is 572 g/mol. The highest BCUT2D eigenvalue weighted by atomic mass is 19.1. The maximum absolute atomic E-state index is 15.5. The number of fused-ring (bicyclic) bond motifs is 1. The van der Waals surface area contributed by atoms with Crippen LogP contribution in [0, 0.1) is 28.9 Å². The standard InChI is InChI=1S/C32H34F2N6O2/c1-19-11-20(12-28(36)31(19,2)41)24-5-8-37-16-21(24)13-29-38-17-23-3-4-27(39-40(23)29)30-25(33)14-22(15-26(30)34)32(18-35)6-9-42-10-7-32/h3-5,8,14-17,19-20,28,41H,6-7,9-13,36H2,1-2H3/t19-,20+,28+,31+/m0/s1. The minimum absolute atomic E-state index is 0.0226. The van der Waals surface area contributed by atoms with Crippen LogP contribution in [0.1, 0.15) is 68.0 Å². The fourth-order valence-electron chi connectivity index (χ4n) is 6.55. The molecule has 1 saturated heterocycles. The Bertz CT molecular complexity index is 1640. The largest absolute Gasteiger partial charge is 0.388 e. The van der Waals surface area contributed by atoms with Crippen LogP contribution in [-0.2, 0) is 16.6 Å². The van der Waals surface area contributed by atoms with Crippen molar-refractivity contribution in [2.45, 2.75) is 68.9 Å². The third-order valence-electron chi connectivity index (χ3n) is 9.52. The van der Waals surface area contributed by atoms with E-state index in [0.717, 1.165) is 17.5 Å². The molecule has 0 spiro atoms. The first-order chi connectivity index (χ1) is 20.1. The average molecular weight is 573 g/mol. The van der Waals surface area contributed by atoms with E-state index in [4.69, 9.17) is 10.5 Å². The van der Waals surface area contributed by atoms with E-state index < -0.39 is 22.7 Å². The number of nitrogens with two attached hydrogens (primary N) is 1. The minimum atomic E-state index is -0.982. The number of halogens is 2. The predicted octanol–water partition coefficient (Wildman–Crippen LogP) is 4.82. The van der Waals surface area contributed by atoms with E-state index in [1.54, 1.807) is 36.0 Å². The van der Waals surface area contributed by atoms with Gasteiger partial charge in [0.15, 0.2) is 0 Å². The van der Waals surface area contributed by atoms with Crippen molar-refractivity contribution < 1.29 is 18.6 Å². The summed E-state index contributed by atoms with van der Waals surface area (Å²) in [5, 5.41) is 25.3. The van der Waals surface area contributed by atoms with Crippen molar-refractivity contribution in [1.82, 2.24) is 19.6 Å². The zero-order valence-electron chi connectivity index (χ0n) is 23.7. The molecule has 4 aromatic rings. The van der Waals surface area contributed by atoms with Crippen molar-refractivity contribution in [2.75, 3.05) is 13.2 Å². The van der Waals surface area contributed by atoms with Crippen molar-refractivity contribution in [3.8, 4) is 17.3 Å². The van der Waals surface area contributed by atoms with E-state index in [1.807, 2.05) is 19.2 Å². The Morgan fingerprint density at radius 1 is 1.14 bits per heavy atom. The molecule has 4 heterocycles. The molecule has 8 nitrogen and oxygen atoms in total. The van der Waals surface area contributed by atoms with Crippen molar-refractivity contribution in [1.29, 1.82) is 5.26 Å². The summed E-state index contributed by atoms with van der Waals surface area (Å²) in [6.07, 6.45) is 7.84. The first kappa shape index (κ1) is 28.3. The number of hydrogen-bond donors (Lipinski definition) is 2. The quantitative estimate of drug-likeness (QED) is 0.351. The highest BCUT2D eigenvalue weighted by Gasteiger charge is 2.42. The smallest absolute Gasteiger partial charge is 0.135 e. The van der Waals surface area contributed by atoms with Crippen LogP contribution < -0.4 is 5.73 Å². The van der Waals surface area contributed by atoms with Gasteiger partial charge in [0, 0.05) is 38.1 Å². The number of ether oxygens (including phenoxy) is 1. The lowest BCUT2D eigenvalue weighted by atomic mass is 9.67. The number of nitrogens with zero attached hydrogens (tertiary/aromatic N) is 5. The molecule has 1 aliphatic heterocycles. The maximum Gasteiger partial charge on any atom is 0.135 e. The average Bonchev–Trinajstić information content (AvgIpc) is 3.38. The van der Waals surface area contributed by atoms with Gasteiger partial charge in [0.25, 0.3) is 0 Å². The fraction of sp³-hybridized carbons (Fsp3) is 0.438. The third-order valence-corrected chi connectivity index (χ3v) is 9.52. The predicted molar refractivity (Wildman–Crippen MR) is 152 cm³/mol. The molecule has 0 radical (unpaired) electrons. The van der Waals surface area contributed by atoms with Crippen molar-refractivity contribution in [3.63, 3.8) is 0 Å². The van der Waals surface area contributed by atoms with E-state index in [-0.39, 0.29) is 29.1 Å². The number of benzene rings is 1. The molecule has 42 heavy (non-hydrogen) atoms. The van der Waals surface area contributed by atoms with E-state index in [0.29, 0.717) is 55.8 Å². The lowest BCUT2D eigenvalue weighted by Gasteiger charge is -2.44. The molecular formula is C32H34F2N6O2. The van der Waals surface area contributed by atoms with Crippen molar-refractivity contribution in [3.05, 3.63) is 83.1 Å². The zero-order chi connectivity index (χ0) is 29.6. The molecule has 0 amide bonds. The summed E-state index contributed by atoms with van der Waals surface area (Å²) in [7, 11) is 0. The van der Waals surface area contributed by atoms with Gasteiger partial charge in [-0.2, -0.15) is 10.4 Å². The van der Waals surface area contributed by atoms with Gasteiger partial charge in [-0.1, -0.05) is 6.92 Å². The molecule has 218 valence electrons. The Morgan fingerprint density at radius 2 is 1.88 bits per heavy atom. The van der Waals surface area contributed by atoms with Crippen LogP contribution in [-0.4, -0.2) is 49.5 Å². The number of rotatable bonds is 5. The van der Waals surface area contributed by atoms with Crippen LogP contribution in [0.5, 0.6) is 0 Å². The number of aromatic nitrogens is 4. The molecule has 6 rings (SSSR count). The second-order valence-electron chi connectivity index (χ2n) is 12.0. The van der Waals surface area contributed by atoms with Crippen molar-refractivity contribution in [2.24, 2.45) is 11.7 Å². The Hall–Kier alpha value is -3.78. The summed E-state index contributed by atoms with van der Waals surface area (Å²) in [6, 6.07) is 9.72. The number of aliphatic hydroxyl groups is 1. The first-order valence-electron chi connectivity index (χ1n) is 14.4. The highest BCUT2D eigenvalue weighted by Crippen LogP contribution is 2.42. The van der Waals surface area contributed by atoms with Gasteiger partial charge in [0.1, 0.15) is 17.5 Å². The normalized spacial score (nSPS) is 25.8. The highest BCUT2D eigenvalue weighted by molar-refractivity contribution is 5.64. The van der Waals surface area contributed by atoms with Gasteiger partial charge in [-0.3, -0.25) is 4.98 Å². The molecule has 3 aromatic heterocycles. The van der Waals surface area contributed by atoms with Crippen LogP contribution >= 0.6 is 0 Å². The maximum atomic E-state index is 15.5. The molecule has 0 bridgehead atoms. The molecule has 1 saturated carbocycles. The Labute approximate surface area is 243 Å². The second-order valence-corrected chi connectivity index (χ2v) is 12.0. The molecule has 1 aromatic carbocycles. The Morgan fingerprint density at radius 3 is 2.57 bits per heavy atom. The molecule has 2 aliphatic rings. The SMILES string of the molecule is C[C@H]1C[C@@H](c2ccncc2Cc2ncc3ccc(-c4c(F)cc(C5(C#N)CCOCC5)cc4F)nn23)C[C@@H](N)[C@]1(C)O. The molecule has 4 atom stereocenters. The van der Waals surface area contributed by atoms with Gasteiger partial charge in [0.05, 0.1) is 40.1 Å². The fourth-order valence-corrected chi connectivity index (χ4v) is 6.55. The van der Waals surface area contributed by atoms with Crippen LogP contribution in [0.2, 0.25) is 0 Å². The number of pyridine rings is 1. The number of nitriles is 1. The summed E-state index contributed by atoms with van der Waals surface area (Å²) in [4.78, 5) is 8.92. The minimum Gasteiger partial charge on any atom is -0.388 e. The summed E-state index contributed by atoms with van der Waals surface area (Å²) in [5.41, 5.74) is 7.42. The zero-order valence-corrected chi connectivity index (χ0v) is 23.7. The van der Waals surface area contributed by atoms with E-state index in [2.05, 4.69) is 21.1 Å². The van der Waals surface area contributed by atoms with Crippen LogP contribution in [0.25, 0.3) is 16.8 Å². The molecular weight excluding hydrogens is 538 g/mol. The first-order valence-corrected chi connectivity index (χ1v) is 14.4. The van der Waals surface area contributed by atoms with Gasteiger partial charge in [-0.05, 0) is 91.5 Å². The second kappa shape index (κ2) is 10.8. The van der Waals surface area contributed by atoms with E-state index in [1.165, 1.54) is 12.1 Å².